The number of benzene rings is 4. The van der Waals surface area contributed by atoms with E-state index in [9.17, 15) is 18.3 Å². The Hall–Kier alpha value is -4.04. The fraction of sp³-hybridized carbons (Fsp3) is 0.324. The van der Waals surface area contributed by atoms with Crippen molar-refractivity contribution in [2.75, 3.05) is 16.6 Å². The van der Waals surface area contributed by atoms with Crippen LogP contribution in [0.1, 0.15) is 65.5 Å². The molecular formula is C34H40N2O5S. The molecule has 0 unspecified atom stereocenters. The molecule has 0 spiro atoms. The molecule has 0 aromatic heterocycles. The zero-order valence-corrected chi connectivity index (χ0v) is 25.9. The molecule has 0 aliphatic heterocycles. The summed E-state index contributed by atoms with van der Waals surface area (Å²) in [7, 11) is -3.99. The summed E-state index contributed by atoms with van der Waals surface area (Å²) >= 11 is 0. The van der Waals surface area contributed by atoms with Crippen molar-refractivity contribution in [2.45, 2.75) is 70.1 Å². The Balaban J connectivity index is 1.50. The van der Waals surface area contributed by atoms with E-state index in [0.29, 0.717) is 27.9 Å². The highest BCUT2D eigenvalue weighted by molar-refractivity contribution is 7.92. The van der Waals surface area contributed by atoms with Crippen molar-refractivity contribution in [2.24, 2.45) is 0 Å². The summed E-state index contributed by atoms with van der Waals surface area (Å²) in [5.74, 6) is 0.321. The Morgan fingerprint density at radius 2 is 1.52 bits per heavy atom. The summed E-state index contributed by atoms with van der Waals surface area (Å²) in [6, 6.07) is 22.2. The number of amides is 1. The molecule has 3 N–H and O–H groups in total. The molecule has 0 fully saturated rings. The highest BCUT2D eigenvalue weighted by atomic mass is 32.2. The van der Waals surface area contributed by atoms with E-state index in [1.165, 1.54) is 29.8 Å². The number of aromatic hydroxyl groups is 1. The van der Waals surface area contributed by atoms with Gasteiger partial charge in [0, 0.05) is 22.0 Å². The maximum atomic E-state index is 13.2. The van der Waals surface area contributed by atoms with E-state index < -0.39 is 15.9 Å². The number of carbonyl (C=O) groups excluding carboxylic acids is 1. The number of hydrogen-bond acceptors (Lipinski definition) is 5. The molecule has 8 heteroatoms. The van der Waals surface area contributed by atoms with Gasteiger partial charge in [0.25, 0.3) is 15.9 Å². The molecule has 4 aromatic rings. The molecule has 222 valence electrons. The molecule has 7 nitrogen and oxygen atoms in total. The van der Waals surface area contributed by atoms with Crippen molar-refractivity contribution < 1.29 is 23.1 Å². The highest BCUT2D eigenvalue weighted by Gasteiger charge is 2.27. The van der Waals surface area contributed by atoms with Crippen molar-refractivity contribution in [3.63, 3.8) is 0 Å². The van der Waals surface area contributed by atoms with E-state index in [2.05, 4.69) is 63.7 Å². The van der Waals surface area contributed by atoms with E-state index in [0.717, 1.165) is 18.4 Å². The minimum absolute atomic E-state index is 0.0144. The first kappa shape index (κ1) is 30.9. The second-order valence-electron chi connectivity index (χ2n) is 11.8. The summed E-state index contributed by atoms with van der Waals surface area (Å²) < 4.78 is 35.1. The van der Waals surface area contributed by atoms with Gasteiger partial charge in [-0.25, -0.2) is 8.42 Å². The highest BCUT2D eigenvalue weighted by Crippen LogP contribution is 2.38. The second-order valence-corrected chi connectivity index (χ2v) is 13.5. The van der Waals surface area contributed by atoms with Gasteiger partial charge in [-0.2, -0.15) is 0 Å². The molecule has 0 saturated heterocycles. The zero-order chi connectivity index (χ0) is 30.7. The third-order valence-electron chi connectivity index (χ3n) is 8.19. The molecule has 0 aliphatic carbocycles. The third kappa shape index (κ3) is 6.71. The molecule has 4 aromatic carbocycles. The number of sulfonamides is 1. The van der Waals surface area contributed by atoms with Crippen LogP contribution in [0, 0.1) is 0 Å². The quantitative estimate of drug-likeness (QED) is 0.156. The molecule has 42 heavy (non-hydrogen) atoms. The van der Waals surface area contributed by atoms with Crippen LogP contribution in [0.25, 0.3) is 10.8 Å². The van der Waals surface area contributed by atoms with Crippen molar-refractivity contribution in [1.82, 2.24) is 0 Å². The predicted octanol–water partition coefficient (Wildman–Crippen LogP) is 7.74. The predicted molar refractivity (Wildman–Crippen MR) is 170 cm³/mol. The summed E-state index contributed by atoms with van der Waals surface area (Å²) in [6.07, 6.45) is 1.90. The van der Waals surface area contributed by atoms with Gasteiger partial charge in [-0.1, -0.05) is 84.0 Å². The normalized spacial score (nSPS) is 12.2. The molecule has 0 aliphatic rings. The van der Waals surface area contributed by atoms with Crippen molar-refractivity contribution in [1.29, 1.82) is 0 Å². The van der Waals surface area contributed by atoms with Crippen LogP contribution in [-0.2, 0) is 25.6 Å². The standard InChI is InChI=1S/C34H40N2O5S/c1-7-33(3,4)23-16-19-31(28(20-23)34(5,6)8-2)41-22-32(38)35-24-12-11-13-25(21-24)42(39,40)36-29-17-18-30(37)27-15-10-9-14-26(27)29/h9-21,36-37H,7-8,22H2,1-6H3,(H,35,38). The number of phenolic OH excluding ortho intramolecular Hbond substituents is 1. The number of rotatable bonds is 11. The smallest absolute Gasteiger partial charge is 0.262 e. The van der Waals surface area contributed by atoms with Gasteiger partial charge < -0.3 is 15.2 Å². The van der Waals surface area contributed by atoms with Crippen LogP contribution < -0.4 is 14.8 Å². The summed E-state index contributed by atoms with van der Waals surface area (Å²) in [6.45, 7) is 12.8. The SMILES string of the molecule is CCC(C)(C)c1ccc(OCC(=O)Nc2cccc(S(=O)(=O)Nc3ccc(O)c4ccccc34)c2)c(C(C)(C)CC)c1. The van der Waals surface area contributed by atoms with Crippen molar-refractivity contribution >= 4 is 38.1 Å². The molecule has 0 heterocycles. The number of ether oxygens (including phenoxy) is 1. The lowest BCUT2D eigenvalue weighted by Gasteiger charge is -2.30. The fourth-order valence-electron chi connectivity index (χ4n) is 4.66. The van der Waals surface area contributed by atoms with Crippen LogP contribution in [0.4, 0.5) is 11.4 Å². The number of nitrogens with one attached hydrogen (secondary N) is 2. The van der Waals surface area contributed by atoms with Crippen LogP contribution in [0.5, 0.6) is 11.5 Å². The van der Waals surface area contributed by atoms with E-state index >= 15 is 0 Å². The molecule has 0 atom stereocenters. The topological polar surface area (TPSA) is 105 Å². The van der Waals surface area contributed by atoms with Crippen LogP contribution in [0.2, 0.25) is 0 Å². The Morgan fingerprint density at radius 3 is 2.21 bits per heavy atom. The van der Waals surface area contributed by atoms with Gasteiger partial charge in [0.2, 0.25) is 0 Å². The second kappa shape index (κ2) is 12.1. The van der Waals surface area contributed by atoms with Crippen LogP contribution in [0.15, 0.2) is 83.8 Å². The fourth-order valence-corrected chi connectivity index (χ4v) is 5.78. The van der Waals surface area contributed by atoms with E-state index in [1.54, 1.807) is 36.4 Å². The minimum Gasteiger partial charge on any atom is -0.507 e. The van der Waals surface area contributed by atoms with E-state index in [-0.39, 0.29) is 28.1 Å². The Labute approximate surface area is 249 Å². The average molecular weight is 589 g/mol. The van der Waals surface area contributed by atoms with Crippen molar-refractivity contribution in [3.05, 3.63) is 90.0 Å². The van der Waals surface area contributed by atoms with Gasteiger partial charge >= 0.3 is 0 Å². The first-order valence-electron chi connectivity index (χ1n) is 14.2. The summed E-state index contributed by atoms with van der Waals surface area (Å²) in [5, 5.41) is 14.0. The first-order chi connectivity index (χ1) is 19.8. The van der Waals surface area contributed by atoms with Gasteiger partial charge in [0.15, 0.2) is 6.61 Å². The maximum absolute atomic E-state index is 13.2. The van der Waals surface area contributed by atoms with Crippen LogP contribution in [0.3, 0.4) is 0 Å². The zero-order valence-electron chi connectivity index (χ0n) is 25.1. The molecule has 0 radical (unpaired) electrons. The Kier molecular flexibility index (Phi) is 8.87. The third-order valence-corrected chi connectivity index (χ3v) is 9.55. The lowest BCUT2D eigenvalue weighted by atomic mass is 9.76. The first-order valence-corrected chi connectivity index (χ1v) is 15.7. The van der Waals surface area contributed by atoms with Gasteiger partial charge in [-0.3, -0.25) is 9.52 Å². The van der Waals surface area contributed by atoms with Crippen LogP contribution >= 0.6 is 0 Å². The molecular weight excluding hydrogens is 548 g/mol. The molecule has 1 amide bonds. The average Bonchev–Trinajstić information content (AvgIpc) is 2.97. The van der Waals surface area contributed by atoms with Crippen LogP contribution in [-0.4, -0.2) is 26.0 Å². The number of carbonyl (C=O) groups is 1. The molecule has 0 bridgehead atoms. The monoisotopic (exact) mass is 588 g/mol. The van der Waals surface area contributed by atoms with Gasteiger partial charge in [-0.15, -0.1) is 0 Å². The summed E-state index contributed by atoms with van der Waals surface area (Å²) in [4.78, 5) is 12.9. The molecule has 0 saturated carbocycles. The number of hydrogen-bond donors (Lipinski definition) is 3. The van der Waals surface area contributed by atoms with E-state index in [1.807, 2.05) is 6.07 Å². The van der Waals surface area contributed by atoms with Gasteiger partial charge in [0.05, 0.1) is 10.6 Å². The van der Waals surface area contributed by atoms with E-state index in [4.69, 9.17) is 4.74 Å². The number of fused-ring (bicyclic) bond motifs is 1. The Bertz CT molecular complexity index is 1710. The lowest BCUT2D eigenvalue weighted by molar-refractivity contribution is -0.118. The number of phenols is 1. The minimum atomic E-state index is -3.99. The summed E-state index contributed by atoms with van der Waals surface area (Å²) in [5.41, 5.74) is 2.82. The lowest BCUT2D eigenvalue weighted by Crippen LogP contribution is -2.24. The maximum Gasteiger partial charge on any atom is 0.262 e. The molecule has 4 rings (SSSR count). The number of anilines is 2. The van der Waals surface area contributed by atoms with Gasteiger partial charge in [-0.05, 0) is 65.6 Å². The van der Waals surface area contributed by atoms with Gasteiger partial charge in [0.1, 0.15) is 11.5 Å². The largest absolute Gasteiger partial charge is 0.507 e. The Morgan fingerprint density at radius 1 is 0.833 bits per heavy atom. The van der Waals surface area contributed by atoms with Crippen molar-refractivity contribution in [3.8, 4) is 11.5 Å².